The Morgan fingerprint density at radius 1 is 1.60 bits per heavy atom. The van der Waals surface area contributed by atoms with Gasteiger partial charge < -0.3 is 5.32 Å². The fourth-order valence-corrected chi connectivity index (χ4v) is 1.68. The average Bonchev–Trinajstić information content (AvgIpc) is 2.17. The monoisotopic (exact) mass is 227 g/mol. The van der Waals surface area contributed by atoms with Crippen LogP contribution in [0.2, 0.25) is 5.02 Å². The Balaban J connectivity index is 2.94. The fraction of sp³-hybridized carbons (Fsp3) is 0.333. The van der Waals surface area contributed by atoms with Crippen molar-refractivity contribution in [3.05, 3.63) is 47.3 Å². The first-order valence-electron chi connectivity index (χ1n) is 4.98. The van der Waals surface area contributed by atoms with Crippen LogP contribution in [0.5, 0.6) is 0 Å². The zero-order valence-electron chi connectivity index (χ0n) is 8.76. The minimum atomic E-state index is -0.268. The van der Waals surface area contributed by atoms with Crippen molar-refractivity contribution >= 4 is 11.6 Å². The Hall–Kier alpha value is -0.860. The van der Waals surface area contributed by atoms with Crippen molar-refractivity contribution in [2.75, 3.05) is 6.54 Å². The van der Waals surface area contributed by atoms with Crippen molar-refractivity contribution in [3.63, 3.8) is 0 Å². The second-order valence-electron chi connectivity index (χ2n) is 3.30. The number of nitrogens with one attached hydrogen (secondary N) is 1. The van der Waals surface area contributed by atoms with Gasteiger partial charge in [-0.25, -0.2) is 4.39 Å². The van der Waals surface area contributed by atoms with Crippen LogP contribution < -0.4 is 5.32 Å². The largest absolute Gasteiger partial charge is 0.310 e. The molecule has 1 nitrogen and oxygen atoms in total. The van der Waals surface area contributed by atoms with E-state index in [-0.39, 0.29) is 11.9 Å². The summed E-state index contributed by atoms with van der Waals surface area (Å²) in [5.41, 5.74) is 0.640. The van der Waals surface area contributed by atoms with Gasteiger partial charge in [0.05, 0.1) is 0 Å². The lowest BCUT2D eigenvalue weighted by Gasteiger charge is -2.17. The highest BCUT2D eigenvalue weighted by Crippen LogP contribution is 2.23. The quantitative estimate of drug-likeness (QED) is 0.757. The number of halogens is 2. The van der Waals surface area contributed by atoms with Gasteiger partial charge in [-0.05, 0) is 25.1 Å². The van der Waals surface area contributed by atoms with Crippen LogP contribution in [-0.4, -0.2) is 6.54 Å². The van der Waals surface area contributed by atoms with Crippen LogP contribution >= 0.6 is 11.6 Å². The van der Waals surface area contributed by atoms with Gasteiger partial charge in [0, 0.05) is 16.6 Å². The SMILES string of the molecule is C=CCC(NCC)c1ccc(Cl)cc1F. The van der Waals surface area contributed by atoms with Crippen LogP contribution in [0.1, 0.15) is 24.9 Å². The molecule has 0 heterocycles. The maximum atomic E-state index is 13.6. The minimum Gasteiger partial charge on any atom is -0.310 e. The molecule has 15 heavy (non-hydrogen) atoms. The van der Waals surface area contributed by atoms with E-state index in [1.807, 2.05) is 6.92 Å². The molecule has 1 atom stereocenters. The first-order chi connectivity index (χ1) is 7.19. The summed E-state index contributed by atoms with van der Waals surface area (Å²) >= 11 is 5.70. The molecule has 0 aliphatic heterocycles. The third kappa shape index (κ3) is 3.33. The van der Waals surface area contributed by atoms with Gasteiger partial charge >= 0.3 is 0 Å². The normalized spacial score (nSPS) is 12.5. The van der Waals surface area contributed by atoms with Crippen LogP contribution in [-0.2, 0) is 0 Å². The molecule has 0 spiro atoms. The summed E-state index contributed by atoms with van der Waals surface area (Å²) in [5.74, 6) is -0.268. The van der Waals surface area contributed by atoms with E-state index in [2.05, 4.69) is 11.9 Å². The second-order valence-corrected chi connectivity index (χ2v) is 3.74. The molecule has 0 fully saturated rings. The van der Waals surface area contributed by atoms with E-state index in [0.717, 1.165) is 6.54 Å². The topological polar surface area (TPSA) is 12.0 Å². The maximum absolute atomic E-state index is 13.6. The standard InChI is InChI=1S/C12H15ClFN/c1-3-5-12(15-4-2)10-7-6-9(13)8-11(10)14/h3,6-8,12,15H,1,4-5H2,2H3. The van der Waals surface area contributed by atoms with Gasteiger partial charge in [-0.15, -0.1) is 6.58 Å². The minimum absolute atomic E-state index is 0.0234. The van der Waals surface area contributed by atoms with E-state index in [1.165, 1.54) is 6.07 Å². The molecule has 0 radical (unpaired) electrons. The molecule has 1 rings (SSSR count). The Bertz CT molecular complexity index is 338. The summed E-state index contributed by atoms with van der Waals surface area (Å²) in [6.07, 6.45) is 2.48. The third-order valence-corrected chi connectivity index (χ3v) is 2.43. The van der Waals surface area contributed by atoms with Crippen LogP contribution in [0.3, 0.4) is 0 Å². The fourth-order valence-electron chi connectivity index (χ4n) is 1.52. The smallest absolute Gasteiger partial charge is 0.129 e. The molecule has 1 N–H and O–H groups in total. The molecule has 0 amide bonds. The summed E-state index contributed by atoms with van der Waals surface area (Å²) in [5, 5.41) is 3.63. The predicted molar refractivity (Wildman–Crippen MR) is 62.6 cm³/mol. The van der Waals surface area contributed by atoms with Crippen molar-refractivity contribution < 1.29 is 4.39 Å². The molecule has 1 aromatic rings. The Kier molecular flexibility index (Phi) is 4.79. The second kappa shape index (κ2) is 5.89. The van der Waals surface area contributed by atoms with E-state index in [4.69, 9.17) is 11.6 Å². The van der Waals surface area contributed by atoms with Gasteiger partial charge in [-0.3, -0.25) is 0 Å². The van der Waals surface area contributed by atoms with Crippen molar-refractivity contribution in [1.29, 1.82) is 0 Å². The molecule has 0 aliphatic carbocycles. The van der Waals surface area contributed by atoms with E-state index >= 15 is 0 Å². The molecule has 0 aliphatic rings. The maximum Gasteiger partial charge on any atom is 0.129 e. The van der Waals surface area contributed by atoms with Gasteiger partial charge in [-0.1, -0.05) is 30.7 Å². The highest BCUT2D eigenvalue weighted by molar-refractivity contribution is 6.30. The molecule has 82 valence electrons. The Morgan fingerprint density at radius 3 is 2.87 bits per heavy atom. The Morgan fingerprint density at radius 2 is 2.33 bits per heavy atom. The van der Waals surface area contributed by atoms with Gasteiger partial charge in [-0.2, -0.15) is 0 Å². The summed E-state index contributed by atoms with van der Waals surface area (Å²) in [7, 11) is 0. The summed E-state index contributed by atoms with van der Waals surface area (Å²) < 4.78 is 13.6. The van der Waals surface area contributed by atoms with Crippen molar-refractivity contribution in [1.82, 2.24) is 5.32 Å². The lowest BCUT2D eigenvalue weighted by molar-refractivity contribution is 0.516. The molecule has 0 aromatic heterocycles. The third-order valence-electron chi connectivity index (χ3n) is 2.19. The molecular formula is C12H15ClFN. The summed E-state index contributed by atoms with van der Waals surface area (Å²) in [4.78, 5) is 0. The lowest BCUT2D eigenvalue weighted by atomic mass is 10.0. The van der Waals surface area contributed by atoms with E-state index in [9.17, 15) is 4.39 Å². The highest BCUT2D eigenvalue weighted by Gasteiger charge is 2.13. The van der Waals surface area contributed by atoms with Crippen LogP contribution in [0.4, 0.5) is 4.39 Å². The molecule has 1 unspecified atom stereocenters. The predicted octanol–water partition coefficient (Wildman–Crippen LogP) is 3.71. The van der Waals surface area contributed by atoms with Gasteiger partial charge in [0.15, 0.2) is 0 Å². The van der Waals surface area contributed by atoms with Gasteiger partial charge in [0.25, 0.3) is 0 Å². The van der Waals surface area contributed by atoms with E-state index in [0.29, 0.717) is 17.0 Å². The van der Waals surface area contributed by atoms with Gasteiger partial charge in [0.2, 0.25) is 0 Å². The molecule has 3 heteroatoms. The molecular weight excluding hydrogens is 213 g/mol. The van der Waals surface area contributed by atoms with Crippen LogP contribution in [0.15, 0.2) is 30.9 Å². The molecule has 1 aromatic carbocycles. The van der Waals surface area contributed by atoms with Crippen LogP contribution in [0, 0.1) is 5.82 Å². The first-order valence-corrected chi connectivity index (χ1v) is 5.36. The number of hydrogen-bond donors (Lipinski definition) is 1. The first kappa shape index (κ1) is 12.2. The van der Waals surface area contributed by atoms with Gasteiger partial charge in [0.1, 0.15) is 5.82 Å². The van der Waals surface area contributed by atoms with Crippen molar-refractivity contribution in [3.8, 4) is 0 Å². The Labute approximate surface area is 95.0 Å². The zero-order valence-corrected chi connectivity index (χ0v) is 9.52. The number of hydrogen-bond acceptors (Lipinski definition) is 1. The van der Waals surface area contributed by atoms with E-state index in [1.54, 1.807) is 18.2 Å². The average molecular weight is 228 g/mol. The lowest BCUT2D eigenvalue weighted by Crippen LogP contribution is -2.21. The molecule has 0 saturated heterocycles. The molecule has 0 saturated carbocycles. The highest BCUT2D eigenvalue weighted by atomic mass is 35.5. The summed E-state index contributed by atoms with van der Waals surface area (Å²) in [6, 6.07) is 4.73. The van der Waals surface area contributed by atoms with E-state index < -0.39 is 0 Å². The zero-order chi connectivity index (χ0) is 11.3. The van der Waals surface area contributed by atoms with Crippen molar-refractivity contribution in [2.45, 2.75) is 19.4 Å². The summed E-state index contributed by atoms with van der Waals surface area (Å²) in [6.45, 7) is 6.45. The van der Waals surface area contributed by atoms with Crippen molar-refractivity contribution in [2.24, 2.45) is 0 Å². The van der Waals surface area contributed by atoms with Crippen LogP contribution in [0.25, 0.3) is 0 Å². The molecule has 0 bridgehead atoms. The number of benzene rings is 1. The number of rotatable bonds is 5.